The number of halogens is 1. The normalized spacial score (nSPS) is 12.7. The van der Waals surface area contributed by atoms with Crippen LogP contribution in [-0.2, 0) is 21.2 Å². The molecule has 136 valence electrons. The van der Waals surface area contributed by atoms with E-state index in [-0.39, 0.29) is 17.1 Å². The summed E-state index contributed by atoms with van der Waals surface area (Å²) in [6.45, 7) is 3.49. The average Bonchev–Trinajstić information content (AvgIpc) is 2.91. The van der Waals surface area contributed by atoms with E-state index in [1.54, 1.807) is 19.9 Å². The van der Waals surface area contributed by atoms with Crippen molar-refractivity contribution in [1.82, 2.24) is 14.7 Å². The molecule has 1 heterocycles. The predicted molar refractivity (Wildman–Crippen MR) is 95.8 cm³/mol. The van der Waals surface area contributed by atoms with Gasteiger partial charge in [0.15, 0.2) is 0 Å². The first-order valence-corrected chi connectivity index (χ1v) is 9.58. The molecule has 0 aliphatic heterocycles. The van der Waals surface area contributed by atoms with Crippen LogP contribution in [0.2, 0.25) is 0 Å². The molecule has 0 fully saturated rings. The smallest absolute Gasteiger partial charge is 0.267 e. The van der Waals surface area contributed by atoms with Crippen molar-refractivity contribution in [1.29, 1.82) is 0 Å². The molecule has 0 spiro atoms. The third-order valence-corrected chi connectivity index (χ3v) is 5.58. The van der Waals surface area contributed by atoms with Crippen molar-refractivity contribution >= 4 is 31.9 Å². The van der Waals surface area contributed by atoms with Crippen molar-refractivity contribution in [2.24, 2.45) is 5.73 Å². The van der Waals surface area contributed by atoms with Crippen LogP contribution in [0.5, 0.6) is 5.75 Å². The number of methoxy groups -OCH3 is 1. The Morgan fingerprint density at radius 3 is 2.68 bits per heavy atom. The van der Waals surface area contributed by atoms with E-state index in [0.717, 1.165) is 5.56 Å². The van der Waals surface area contributed by atoms with E-state index < -0.39 is 22.0 Å². The van der Waals surface area contributed by atoms with Gasteiger partial charge in [-0.15, -0.1) is 0 Å². The maximum Gasteiger partial charge on any atom is 0.267 e. The van der Waals surface area contributed by atoms with Crippen LogP contribution < -0.4 is 15.2 Å². The summed E-state index contributed by atoms with van der Waals surface area (Å²) in [5, 5.41) is 0. The Morgan fingerprint density at radius 2 is 2.12 bits per heavy atom. The number of nitrogens with two attached hydrogens (primary N) is 1. The van der Waals surface area contributed by atoms with Crippen molar-refractivity contribution in [3.63, 3.8) is 0 Å². The summed E-state index contributed by atoms with van der Waals surface area (Å²) in [6.07, 6.45) is 1.55. The zero-order valence-corrected chi connectivity index (χ0v) is 16.4. The molecular weight excluding hydrogens is 412 g/mol. The number of aromatic amines is 1. The number of amides is 1. The fourth-order valence-corrected chi connectivity index (χ4v) is 4.13. The number of nitrogens with zero attached hydrogens (tertiary/aromatic N) is 1. The zero-order valence-electron chi connectivity index (χ0n) is 14.0. The first-order chi connectivity index (χ1) is 11.7. The number of sulfonamides is 1. The molecule has 1 amide bonds. The van der Waals surface area contributed by atoms with E-state index >= 15 is 0 Å². The van der Waals surface area contributed by atoms with Crippen LogP contribution in [0.15, 0.2) is 28.0 Å². The molecule has 1 unspecified atom stereocenters. The second kappa shape index (κ2) is 7.54. The summed E-state index contributed by atoms with van der Waals surface area (Å²) in [6, 6.07) is 2.17. The number of hydrogen-bond donors (Lipinski definition) is 3. The van der Waals surface area contributed by atoms with Crippen LogP contribution >= 0.6 is 15.9 Å². The van der Waals surface area contributed by atoms with Crippen molar-refractivity contribution in [3.8, 4) is 5.75 Å². The van der Waals surface area contributed by atoms with E-state index in [9.17, 15) is 13.2 Å². The van der Waals surface area contributed by atoms with Crippen molar-refractivity contribution in [3.05, 3.63) is 39.9 Å². The van der Waals surface area contributed by atoms with E-state index in [4.69, 9.17) is 10.5 Å². The van der Waals surface area contributed by atoms with Crippen LogP contribution in [-0.4, -0.2) is 37.4 Å². The van der Waals surface area contributed by atoms with Gasteiger partial charge in [-0.2, -0.15) is 0 Å². The maximum absolute atomic E-state index is 12.6. The lowest BCUT2D eigenvalue weighted by Gasteiger charge is -2.16. The minimum absolute atomic E-state index is 0.101. The van der Waals surface area contributed by atoms with E-state index in [1.165, 1.54) is 19.5 Å². The van der Waals surface area contributed by atoms with E-state index in [2.05, 4.69) is 25.9 Å². The first-order valence-electron chi connectivity index (χ1n) is 7.31. The van der Waals surface area contributed by atoms with Gasteiger partial charge in [0.2, 0.25) is 0 Å². The van der Waals surface area contributed by atoms with Crippen LogP contribution in [0.4, 0.5) is 0 Å². The van der Waals surface area contributed by atoms with Gasteiger partial charge in [-0.1, -0.05) is 6.07 Å². The second-order valence-corrected chi connectivity index (χ2v) is 7.97. The number of carbonyl (C=O) groups excluding carboxylic acids is 1. The van der Waals surface area contributed by atoms with Gasteiger partial charge in [0.25, 0.3) is 15.9 Å². The summed E-state index contributed by atoms with van der Waals surface area (Å²) < 4.78 is 32.9. The van der Waals surface area contributed by atoms with Crippen LogP contribution in [0.1, 0.15) is 16.8 Å². The second-order valence-electron chi connectivity index (χ2n) is 5.57. The van der Waals surface area contributed by atoms with Gasteiger partial charge < -0.3 is 15.5 Å². The molecule has 0 radical (unpaired) electrons. The number of imidazole rings is 1. The predicted octanol–water partition coefficient (Wildman–Crippen LogP) is 1.17. The van der Waals surface area contributed by atoms with Gasteiger partial charge in [-0.05, 0) is 47.0 Å². The molecule has 1 aromatic carbocycles. The topological polar surface area (TPSA) is 127 Å². The highest BCUT2D eigenvalue weighted by Gasteiger charge is 2.27. The maximum atomic E-state index is 12.6. The SMILES string of the molecule is COc1c(C)cc(C)cc1S(=O)(=O)NC(=O)C(N)Cc1[nH]cnc1Br. The Balaban J connectivity index is 2.24. The Morgan fingerprint density at radius 1 is 1.44 bits per heavy atom. The van der Waals surface area contributed by atoms with Crippen LogP contribution in [0, 0.1) is 13.8 Å². The Labute approximate surface area is 154 Å². The van der Waals surface area contributed by atoms with Gasteiger partial charge in [0.05, 0.1) is 25.2 Å². The number of carbonyl (C=O) groups is 1. The minimum Gasteiger partial charge on any atom is -0.495 e. The van der Waals surface area contributed by atoms with Gasteiger partial charge in [0, 0.05) is 6.42 Å². The summed E-state index contributed by atoms with van der Waals surface area (Å²) in [5.74, 6) is -0.626. The average molecular weight is 431 g/mol. The summed E-state index contributed by atoms with van der Waals surface area (Å²) in [4.78, 5) is 18.9. The lowest BCUT2D eigenvalue weighted by molar-refractivity contribution is -0.120. The molecule has 0 bridgehead atoms. The highest BCUT2D eigenvalue weighted by Crippen LogP contribution is 2.29. The van der Waals surface area contributed by atoms with Gasteiger partial charge in [-0.25, -0.2) is 18.1 Å². The molecule has 0 aliphatic carbocycles. The molecule has 4 N–H and O–H groups in total. The summed E-state index contributed by atoms with van der Waals surface area (Å²) >= 11 is 3.21. The molecule has 2 aromatic rings. The zero-order chi connectivity index (χ0) is 18.8. The molecule has 0 saturated heterocycles. The highest BCUT2D eigenvalue weighted by molar-refractivity contribution is 9.10. The minimum atomic E-state index is -4.12. The molecule has 10 heteroatoms. The van der Waals surface area contributed by atoms with Crippen molar-refractivity contribution in [2.75, 3.05) is 7.11 Å². The number of aryl methyl sites for hydroxylation is 2. The fraction of sp³-hybridized carbons (Fsp3) is 0.333. The Kier molecular flexibility index (Phi) is 5.86. The van der Waals surface area contributed by atoms with Gasteiger partial charge >= 0.3 is 0 Å². The number of hydrogen-bond acceptors (Lipinski definition) is 6. The lowest BCUT2D eigenvalue weighted by atomic mass is 10.1. The molecule has 1 aromatic heterocycles. The number of benzene rings is 1. The van der Waals surface area contributed by atoms with E-state index in [0.29, 0.717) is 15.9 Å². The van der Waals surface area contributed by atoms with Crippen molar-refractivity contribution in [2.45, 2.75) is 31.2 Å². The van der Waals surface area contributed by atoms with E-state index in [1.807, 2.05) is 4.72 Å². The number of ether oxygens (including phenoxy) is 1. The fourth-order valence-electron chi connectivity index (χ4n) is 2.40. The third-order valence-electron chi connectivity index (χ3n) is 3.54. The lowest BCUT2D eigenvalue weighted by Crippen LogP contribution is -2.44. The largest absolute Gasteiger partial charge is 0.495 e. The molecule has 0 aliphatic rings. The van der Waals surface area contributed by atoms with Crippen molar-refractivity contribution < 1.29 is 17.9 Å². The molecule has 0 saturated carbocycles. The summed E-state index contributed by atoms with van der Waals surface area (Å²) in [7, 11) is -2.75. The first kappa shape index (κ1) is 19.4. The molecule has 8 nitrogen and oxygen atoms in total. The Bertz CT molecular complexity index is 895. The Hall–Kier alpha value is -1.91. The molecule has 1 atom stereocenters. The number of rotatable bonds is 6. The molecule has 2 rings (SSSR count). The highest BCUT2D eigenvalue weighted by atomic mass is 79.9. The third kappa shape index (κ3) is 4.39. The number of aromatic nitrogens is 2. The number of nitrogens with one attached hydrogen (secondary N) is 2. The quantitative estimate of drug-likeness (QED) is 0.630. The van der Waals surface area contributed by atoms with Gasteiger partial charge in [0.1, 0.15) is 15.2 Å². The monoisotopic (exact) mass is 430 g/mol. The summed E-state index contributed by atoms with van der Waals surface area (Å²) in [5.41, 5.74) is 7.80. The van der Waals surface area contributed by atoms with Crippen LogP contribution in [0.25, 0.3) is 0 Å². The number of H-pyrrole nitrogens is 1. The standard InChI is InChI=1S/C15H19BrN4O4S/c1-8-4-9(2)13(24-3)12(5-8)25(22,23)20-15(21)10(17)6-11-14(16)19-7-18-11/h4-5,7,10H,6,17H2,1-3H3,(H,18,19)(H,20,21). The molecule has 25 heavy (non-hydrogen) atoms. The van der Waals surface area contributed by atoms with Gasteiger partial charge in [-0.3, -0.25) is 4.79 Å². The van der Waals surface area contributed by atoms with Crippen LogP contribution in [0.3, 0.4) is 0 Å². The molecular formula is C15H19BrN4O4S.